The number of carbonyl (C=O) groups excluding carboxylic acids is 1. The Morgan fingerprint density at radius 1 is 1.53 bits per heavy atom. The van der Waals surface area contributed by atoms with E-state index in [4.69, 9.17) is 0 Å². The van der Waals surface area contributed by atoms with Gasteiger partial charge in [0.05, 0.1) is 6.54 Å². The first-order valence-electron chi connectivity index (χ1n) is 5.28. The predicted molar refractivity (Wildman–Crippen MR) is 58.2 cm³/mol. The van der Waals surface area contributed by atoms with Gasteiger partial charge in [-0.3, -0.25) is 4.79 Å². The van der Waals surface area contributed by atoms with Crippen LogP contribution in [0.4, 0.5) is 0 Å². The minimum absolute atomic E-state index is 0.101. The average Bonchev–Trinajstić information content (AvgIpc) is 2.74. The number of hydrogen-bond donors (Lipinski definition) is 3. The molecule has 0 aromatic carbocycles. The highest BCUT2D eigenvalue weighted by atomic mass is 16.1. The van der Waals surface area contributed by atoms with E-state index in [1.54, 1.807) is 12.4 Å². The molecule has 0 bridgehead atoms. The lowest BCUT2D eigenvalue weighted by Crippen LogP contribution is -2.28. The lowest BCUT2D eigenvalue weighted by Gasteiger charge is -2.04. The summed E-state index contributed by atoms with van der Waals surface area (Å²) in [6.45, 7) is 4.15. The Balaban J connectivity index is 1.99. The van der Waals surface area contributed by atoms with Gasteiger partial charge in [-0.2, -0.15) is 0 Å². The molecule has 0 aliphatic carbocycles. The van der Waals surface area contributed by atoms with Crippen molar-refractivity contribution >= 4 is 5.91 Å². The first kappa shape index (κ1) is 11.7. The van der Waals surface area contributed by atoms with Gasteiger partial charge in [0.1, 0.15) is 5.82 Å². The number of H-pyrrole nitrogens is 1. The molecule has 0 radical (unpaired) electrons. The van der Waals surface area contributed by atoms with Gasteiger partial charge in [-0.1, -0.05) is 6.92 Å². The summed E-state index contributed by atoms with van der Waals surface area (Å²) in [7, 11) is 0. The Morgan fingerprint density at radius 2 is 2.40 bits per heavy atom. The summed E-state index contributed by atoms with van der Waals surface area (Å²) in [5, 5.41) is 5.96. The highest BCUT2D eigenvalue weighted by Gasteiger charge is 1.99. The van der Waals surface area contributed by atoms with Crippen LogP contribution in [-0.4, -0.2) is 29.0 Å². The maximum absolute atomic E-state index is 11.2. The van der Waals surface area contributed by atoms with Crippen LogP contribution in [0.3, 0.4) is 0 Å². The molecule has 0 saturated carbocycles. The molecule has 0 aliphatic heterocycles. The zero-order valence-electron chi connectivity index (χ0n) is 9.05. The molecule has 0 fully saturated rings. The van der Waals surface area contributed by atoms with Crippen molar-refractivity contribution in [2.45, 2.75) is 26.3 Å². The third-order valence-corrected chi connectivity index (χ3v) is 1.95. The molecule has 0 aliphatic rings. The van der Waals surface area contributed by atoms with Crippen LogP contribution in [0.15, 0.2) is 12.4 Å². The summed E-state index contributed by atoms with van der Waals surface area (Å²) in [5.74, 6) is 0.993. The number of hydrogen-bond acceptors (Lipinski definition) is 3. The maximum atomic E-state index is 11.2. The highest BCUT2D eigenvalue weighted by Crippen LogP contribution is 1.87. The molecule has 1 amide bonds. The van der Waals surface area contributed by atoms with E-state index in [-0.39, 0.29) is 5.91 Å². The monoisotopic (exact) mass is 210 g/mol. The largest absolute Gasteiger partial charge is 0.356 e. The number of amides is 1. The van der Waals surface area contributed by atoms with Crippen LogP contribution in [-0.2, 0) is 11.3 Å². The van der Waals surface area contributed by atoms with Gasteiger partial charge in [0.15, 0.2) is 0 Å². The lowest BCUT2D eigenvalue weighted by molar-refractivity contribution is -0.120. The van der Waals surface area contributed by atoms with Crippen molar-refractivity contribution in [1.82, 2.24) is 20.6 Å². The Morgan fingerprint density at radius 3 is 3.07 bits per heavy atom. The number of nitrogens with one attached hydrogen (secondary N) is 3. The SMILES string of the molecule is CCCNC(=O)CCNCc1ncc[nH]1. The van der Waals surface area contributed by atoms with E-state index in [9.17, 15) is 4.79 Å². The molecule has 5 nitrogen and oxygen atoms in total. The second-order valence-electron chi connectivity index (χ2n) is 3.31. The summed E-state index contributed by atoms with van der Waals surface area (Å²) in [6, 6.07) is 0. The Labute approximate surface area is 89.7 Å². The Hall–Kier alpha value is -1.36. The van der Waals surface area contributed by atoms with Gasteiger partial charge in [-0.25, -0.2) is 4.98 Å². The van der Waals surface area contributed by atoms with E-state index >= 15 is 0 Å². The molecule has 1 heterocycles. The van der Waals surface area contributed by atoms with Gasteiger partial charge in [0.25, 0.3) is 0 Å². The standard InChI is InChI=1S/C10H18N4O/c1-2-4-14-10(15)3-5-11-8-9-12-6-7-13-9/h6-7,11H,2-5,8H2,1H3,(H,12,13)(H,14,15). The Kier molecular flexibility index (Phi) is 5.47. The third kappa shape index (κ3) is 5.17. The molecule has 1 rings (SSSR count). The zero-order valence-corrected chi connectivity index (χ0v) is 9.05. The van der Waals surface area contributed by atoms with Crippen LogP contribution in [0.2, 0.25) is 0 Å². The van der Waals surface area contributed by atoms with E-state index in [2.05, 4.69) is 20.6 Å². The number of aromatic amines is 1. The van der Waals surface area contributed by atoms with E-state index < -0.39 is 0 Å². The van der Waals surface area contributed by atoms with Gasteiger partial charge < -0.3 is 15.6 Å². The van der Waals surface area contributed by atoms with Crippen LogP contribution < -0.4 is 10.6 Å². The summed E-state index contributed by atoms with van der Waals surface area (Å²) in [4.78, 5) is 18.2. The van der Waals surface area contributed by atoms with Crippen molar-refractivity contribution in [1.29, 1.82) is 0 Å². The van der Waals surface area contributed by atoms with E-state index in [1.807, 2.05) is 6.92 Å². The van der Waals surface area contributed by atoms with Crippen molar-refractivity contribution in [2.24, 2.45) is 0 Å². The normalized spacial score (nSPS) is 10.2. The fourth-order valence-electron chi connectivity index (χ4n) is 1.16. The highest BCUT2D eigenvalue weighted by molar-refractivity contribution is 5.75. The molecule has 84 valence electrons. The second kappa shape index (κ2) is 7.00. The number of rotatable bonds is 7. The van der Waals surface area contributed by atoms with Gasteiger partial charge in [0, 0.05) is 31.9 Å². The molecule has 3 N–H and O–H groups in total. The molecule has 1 aromatic rings. The molecular formula is C10H18N4O. The zero-order chi connectivity index (χ0) is 10.9. The molecule has 0 saturated heterocycles. The molecule has 0 atom stereocenters. The van der Waals surface area contributed by atoms with Crippen LogP contribution in [0.25, 0.3) is 0 Å². The smallest absolute Gasteiger partial charge is 0.221 e. The van der Waals surface area contributed by atoms with Crippen LogP contribution in [0.5, 0.6) is 0 Å². The van der Waals surface area contributed by atoms with E-state index in [0.717, 1.165) is 18.8 Å². The summed E-state index contributed by atoms with van der Waals surface area (Å²) in [6.07, 6.45) is 4.99. The van der Waals surface area contributed by atoms with Crippen molar-refractivity contribution in [3.63, 3.8) is 0 Å². The van der Waals surface area contributed by atoms with Crippen molar-refractivity contribution in [3.8, 4) is 0 Å². The molecule has 0 spiro atoms. The molecule has 1 aromatic heterocycles. The molecule has 0 unspecified atom stereocenters. The van der Waals surface area contributed by atoms with Crippen molar-refractivity contribution in [3.05, 3.63) is 18.2 Å². The number of imidazole rings is 1. The second-order valence-corrected chi connectivity index (χ2v) is 3.31. The fraction of sp³-hybridized carbons (Fsp3) is 0.600. The number of carbonyl (C=O) groups is 1. The van der Waals surface area contributed by atoms with E-state index in [1.165, 1.54) is 0 Å². The number of aromatic nitrogens is 2. The topological polar surface area (TPSA) is 69.8 Å². The quantitative estimate of drug-likeness (QED) is 0.571. The molecule has 5 heteroatoms. The third-order valence-electron chi connectivity index (χ3n) is 1.95. The minimum Gasteiger partial charge on any atom is -0.356 e. The first-order valence-corrected chi connectivity index (χ1v) is 5.28. The van der Waals surface area contributed by atoms with Crippen LogP contribution in [0, 0.1) is 0 Å². The summed E-state index contributed by atoms with van der Waals surface area (Å²) in [5.41, 5.74) is 0. The van der Waals surface area contributed by atoms with E-state index in [0.29, 0.717) is 19.5 Å². The van der Waals surface area contributed by atoms with Gasteiger partial charge in [-0.15, -0.1) is 0 Å². The fourth-order valence-corrected chi connectivity index (χ4v) is 1.16. The van der Waals surface area contributed by atoms with Crippen molar-refractivity contribution < 1.29 is 4.79 Å². The molecule has 15 heavy (non-hydrogen) atoms. The minimum atomic E-state index is 0.101. The van der Waals surface area contributed by atoms with Gasteiger partial charge >= 0.3 is 0 Å². The maximum Gasteiger partial charge on any atom is 0.221 e. The van der Waals surface area contributed by atoms with Crippen LogP contribution >= 0.6 is 0 Å². The average molecular weight is 210 g/mol. The lowest BCUT2D eigenvalue weighted by atomic mass is 10.3. The molecular weight excluding hydrogens is 192 g/mol. The van der Waals surface area contributed by atoms with Gasteiger partial charge in [-0.05, 0) is 6.42 Å². The Bertz CT molecular complexity index is 271. The van der Waals surface area contributed by atoms with Gasteiger partial charge in [0.2, 0.25) is 5.91 Å². The predicted octanol–water partition coefficient (Wildman–Crippen LogP) is 0.416. The number of nitrogens with zero attached hydrogens (tertiary/aromatic N) is 1. The first-order chi connectivity index (χ1) is 7.33. The van der Waals surface area contributed by atoms with Crippen molar-refractivity contribution in [2.75, 3.05) is 13.1 Å². The summed E-state index contributed by atoms with van der Waals surface area (Å²) >= 11 is 0. The van der Waals surface area contributed by atoms with Crippen LogP contribution in [0.1, 0.15) is 25.6 Å². The summed E-state index contributed by atoms with van der Waals surface area (Å²) < 4.78 is 0.